The number of nitrogens with zero attached hydrogens (tertiary/aromatic N) is 3. The van der Waals surface area contributed by atoms with Crippen molar-refractivity contribution in [1.29, 1.82) is 0 Å². The highest BCUT2D eigenvalue weighted by Crippen LogP contribution is 2.26. The second-order valence-corrected chi connectivity index (χ2v) is 6.40. The molecule has 2 aromatic carbocycles. The Hall–Kier alpha value is -2.07. The Labute approximate surface area is 135 Å². The van der Waals surface area contributed by atoms with Crippen LogP contribution >= 0.6 is 11.8 Å². The lowest BCUT2D eigenvalue weighted by atomic mass is 10.1. The summed E-state index contributed by atoms with van der Waals surface area (Å²) in [6, 6.07) is 16.9. The lowest BCUT2D eigenvalue weighted by Gasteiger charge is -2.06. The van der Waals surface area contributed by atoms with Crippen molar-refractivity contribution in [1.82, 2.24) is 14.8 Å². The second kappa shape index (κ2) is 6.36. The van der Waals surface area contributed by atoms with Crippen LogP contribution in [0.4, 0.5) is 0 Å². The molecule has 0 amide bonds. The Morgan fingerprint density at radius 1 is 1.00 bits per heavy atom. The van der Waals surface area contributed by atoms with Gasteiger partial charge in [0.1, 0.15) is 0 Å². The zero-order chi connectivity index (χ0) is 15.5. The van der Waals surface area contributed by atoms with Crippen molar-refractivity contribution < 1.29 is 0 Å². The van der Waals surface area contributed by atoms with Gasteiger partial charge < -0.3 is 4.57 Å². The lowest BCUT2D eigenvalue weighted by Crippen LogP contribution is -1.96. The van der Waals surface area contributed by atoms with Crippen LogP contribution in [0.25, 0.3) is 11.4 Å². The third-order valence-corrected chi connectivity index (χ3v) is 4.76. The number of hydrogen-bond donors (Lipinski definition) is 0. The van der Waals surface area contributed by atoms with E-state index >= 15 is 0 Å². The zero-order valence-electron chi connectivity index (χ0n) is 13.1. The van der Waals surface area contributed by atoms with Crippen LogP contribution in [-0.2, 0) is 12.8 Å². The van der Waals surface area contributed by atoms with Crippen molar-refractivity contribution in [3.8, 4) is 11.4 Å². The third kappa shape index (κ3) is 3.07. The molecule has 0 radical (unpaired) electrons. The number of benzene rings is 2. The molecular formula is C18H19N3S. The van der Waals surface area contributed by atoms with E-state index in [-0.39, 0.29) is 0 Å². The molecule has 0 unspecified atom stereocenters. The minimum Gasteiger partial charge on any atom is -0.305 e. The van der Waals surface area contributed by atoms with Crippen molar-refractivity contribution >= 4 is 11.8 Å². The molecule has 0 aliphatic heterocycles. The van der Waals surface area contributed by atoms with Gasteiger partial charge in [-0.3, -0.25) is 0 Å². The molecule has 0 fully saturated rings. The van der Waals surface area contributed by atoms with Crippen LogP contribution in [-0.4, -0.2) is 14.8 Å². The number of hydrogen-bond acceptors (Lipinski definition) is 3. The second-order valence-electron chi connectivity index (χ2n) is 5.46. The van der Waals surface area contributed by atoms with E-state index in [2.05, 4.69) is 65.0 Å². The van der Waals surface area contributed by atoms with Gasteiger partial charge >= 0.3 is 0 Å². The summed E-state index contributed by atoms with van der Waals surface area (Å²) in [7, 11) is 2.03. The van der Waals surface area contributed by atoms with Gasteiger partial charge in [-0.15, -0.1) is 10.2 Å². The molecule has 3 nitrogen and oxygen atoms in total. The van der Waals surface area contributed by atoms with Crippen LogP contribution in [0.3, 0.4) is 0 Å². The first-order valence-corrected chi connectivity index (χ1v) is 8.27. The molecule has 3 rings (SSSR count). The maximum Gasteiger partial charge on any atom is 0.191 e. The van der Waals surface area contributed by atoms with Crippen molar-refractivity contribution in [2.45, 2.75) is 24.8 Å². The molecule has 1 heterocycles. The van der Waals surface area contributed by atoms with E-state index in [1.807, 2.05) is 19.2 Å². The summed E-state index contributed by atoms with van der Waals surface area (Å²) in [6.45, 7) is 4.22. The van der Waals surface area contributed by atoms with Gasteiger partial charge in [0, 0.05) is 18.4 Å². The smallest absolute Gasteiger partial charge is 0.191 e. The van der Waals surface area contributed by atoms with Crippen molar-refractivity contribution in [2.24, 2.45) is 7.05 Å². The van der Waals surface area contributed by atoms with Crippen LogP contribution in [0.2, 0.25) is 0 Å². The highest BCUT2D eigenvalue weighted by atomic mass is 32.2. The number of rotatable bonds is 4. The molecule has 0 saturated carbocycles. The van der Waals surface area contributed by atoms with Crippen LogP contribution < -0.4 is 0 Å². The van der Waals surface area contributed by atoms with Gasteiger partial charge in [-0.2, -0.15) is 0 Å². The van der Waals surface area contributed by atoms with Gasteiger partial charge in [0.15, 0.2) is 11.0 Å². The predicted octanol–water partition coefficient (Wildman–Crippen LogP) is 4.39. The van der Waals surface area contributed by atoms with E-state index in [1.165, 1.54) is 16.7 Å². The maximum absolute atomic E-state index is 4.37. The van der Waals surface area contributed by atoms with Gasteiger partial charge in [-0.1, -0.05) is 65.9 Å². The number of aromatic nitrogens is 3. The fourth-order valence-corrected chi connectivity index (χ4v) is 3.30. The molecule has 112 valence electrons. The molecule has 0 aliphatic carbocycles. The molecule has 4 heteroatoms. The molecule has 1 aromatic heterocycles. The van der Waals surface area contributed by atoms with Gasteiger partial charge in [0.05, 0.1) is 0 Å². The van der Waals surface area contributed by atoms with Gasteiger partial charge in [0.2, 0.25) is 0 Å². The third-order valence-electron chi connectivity index (χ3n) is 3.67. The molecule has 0 N–H and O–H groups in total. The first-order chi connectivity index (χ1) is 10.6. The van der Waals surface area contributed by atoms with E-state index in [9.17, 15) is 0 Å². The quantitative estimate of drug-likeness (QED) is 0.670. The average molecular weight is 309 g/mol. The maximum atomic E-state index is 4.37. The predicted molar refractivity (Wildman–Crippen MR) is 91.9 cm³/mol. The van der Waals surface area contributed by atoms with E-state index in [0.29, 0.717) is 0 Å². The fraction of sp³-hybridized carbons (Fsp3) is 0.222. The number of aryl methyl sites for hydroxylation is 2. The van der Waals surface area contributed by atoms with Gasteiger partial charge in [-0.25, -0.2) is 0 Å². The monoisotopic (exact) mass is 309 g/mol. The SMILES string of the molecule is Cc1cccc(CSc2nnc(-c3ccccc3C)n2C)c1. The normalized spacial score (nSPS) is 10.9. The van der Waals surface area contributed by atoms with E-state index in [4.69, 9.17) is 0 Å². The average Bonchev–Trinajstić information content (AvgIpc) is 2.87. The summed E-state index contributed by atoms with van der Waals surface area (Å²) in [5.41, 5.74) is 4.95. The van der Waals surface area contributed by atoms with Crippen LogP contribution in [0.5, 0.6) is 0 Å². The summed E-state index contributed by atoms with van der Waals surface area (Å²) >= 11 is 1.72. The minimum absolute atomic E-state index is 0.904. The molecule has 0 bridgehead atoms. The van der Waals surface area contributed by atoms with Gasteiger partial charge in [-0.05, 0) is 25.0 Å². The summed E-state index contributed by atoms with van der Waals surface area (Å²) in [4.78, 5) is 0. The first kappa shape index (κ1) is 14.9. The molecule has 3 aromatic rings. The highest BCUT2D eigenvalue weighted by Gasteiger charge is 2.12. The highest BCUT2D eigenvalue weighted by molar-refractivity contribution is 7.98. The van der Waals surface area contributed by atoms with Crippen molar-refractivity contribution in [3.63, 3.8) is 0 Å². The summed E-state index contributed by atoms with van der Waals surface area (Å²) in [5, 5.41) is 9.66. The Bertz CT molecular complexity index is 793. The summed E-state index contributed by atoms with van der Waals surface area (Å²) in [5.74, 6) is 1.83. The Kier molecular flexibility index (Phi) is 4.29. The van der Waals surface area contributed by atoms with E-state index in [0.717, 1.165) is 22.3 Å². The Morgan fingerprint density at radius 3 is 2.59 bits per heavy atom. The molecular weight excluding hydrogens is 290 g/mol. The van der Waals surface area contributed by atoms with Crippen molar-refractivity contribution in [2.75, 3.05) is 0 Å². The summed E-state index contributed by atoms with van der Waals surface area (Å²) in [6.07, 6.45) is 0. The molecule has 22 heavy (non-hydrogen) atoms. The van der Waals surface area contributed by atoms with Crippen molar-refractivity contribution in [3.05, 3.63) is 65.2 Å². The van der Waals surface area contributed by atoms with Crippen LogP contribution in [0.15, 0.2) is 53.7 Å². The summed E-state index contributed by atoms with van der Waals surface area (Å²) < 4.78 is 2.07. The topological polar surface area (TPSA) is 30.7 Å². The van der Waals surface area contributed by atoms with Crippen LogP contribution in [0.1, 0.15) is 16.7 Å². The minimum atomic E-state index is 0.904. The molecule has 0 spiro atoms. The number of thioether (sulfide) groups is 1. The zero-order valence-corrected chi connectivity index (χ0v) is 13.9. The largest absolute Gasteiger partial charge is 0.305 e. The Balaban J connectivity index is 1.81. The molecule has 0 atom stereocenters. The van der Waals surface area contributed by atoms with E-state index in [1.54, 1.807) is 11.8 Å². The first-order valence-electron chi connectivity index (χ1n) is 7.29. The lowest BCUT2D eigenvalue weighted by molar-refractivity contribution is 0.793. The molecule has 0 aliphatic rings. The molecule has 0 saturated heterocycles. The van der Waals surface area contributed by atoms with E-state index < -0.39 is 0 Å². The Morgan fingerprint density at radius 2 is 1.82 bits per heavy atom. The fourth-order valence-electron chi connectivity index (χ4n) is 2.45. The van der Waals surface area contributed by atoms with Crippen LogP contribution in [0, 0.1) is 13.8 Å². The standard InChI is InChI=1S/C18H19N3S/c1-13-7-6-9-15(11-13)12-22-18-20-19-17(21(18)3)16-10-5-4-8-14(16)2/h4-11H,12H2,1-3H3. The van der Waals surface area contributed by atoms with Gasteiger partial charge in [0.25, 0.3) is 0 Å².